The molecule has 0 bridgehead atoms. The van der Waals surface area contributed by atoms with Gasteiger partial charge in [-0.25, -0.2) is 22.8 Å². The van der Waals surface area contributed by atoms with E-state index in [1.54, 1.807) is 4.68 Å². The molecule has 2 N–H and O–H groups in total. The van der Waals surface area contributed by atoms with Crippen LogP contribution >= 0.6 is 0 Å². The molecule has 4 aromatic carbocycles. The molecule has 0 saturated heterocycles. The molecular weight excluding hydrogens is 626 g/mol. The quantitative estimate of drug-likeness (QED) is 0.179. The number of fused-ring (bicyclic) bond motifs is 3. The molecule has 0 saturated carbocycles. The summed E-state index contributed by atoms with van der Waals surface area (Å²) in [7, 11) is -3.85. The maximum Gasteiger partial charge on any atom is 0.354 e. The van der Waals surface area contributed by atoms with Crippen molar-refractivity contribution in [3.8, 4) is 5.88 Å². The SMILES string of the molecule is C[C@@H]1Cn2ncc(S(=O)(=NC(=O)Nc3c4c(c(F)c5c3CCC5)CCC4)NC(c3ccccc3)(c3ccccc3)c3ccccc3)c2O1. The second-order valence-corrected chi connectivity index (χ2v) is 14.6. The molecular formula is C38H36FN5O3S. The molecule has 10 heteroatoms. The topological polar surface area (TPSA) is 97.6 Å². The zero-order valence-corrected chi connectivity index (χ0v) is 27.4. The van der Waals surface area contributed by atoms with Gasteiger partial charge in [0.05, 0.1) is 12.7 Å². The lowest BCUT2D eigenvalue weighted by molar-refractivity contribution is 0.248. The fourth-order valence-corrected chi connectivity index (χ4v) is 9.51. The first-order valence-electron chi connectivity index (χ1n) is 16.5. The van der Waals surface area contributed by atoms with Crippen LogP contribution in [0.25, 0.3) is 0 Å². The van der Waals surface area contributed by atoms with Crippen molar-refractivity contribution < 1.29 is 18.1 Å². The molecule has 3 aliphatic rings. The zero-order chi connectivity index (χ0) is 32.9. The van der Waals surface area contributed by atoms with E-state index >= 15 is 8.60 Å². The van der Waals surface area contributed by atoms with Gasteiger partial charge in [0.1, 0.15) is 22.4 Å². The van der Waals surface area contributed by atoms with Gasteiger partial charge in [-0.1, -0.05) is 91.0 Å². The average molecular weight is 662 g/mol. The normalized spacial score (nSPS) is 17.6. The van der Waals surface area contributed by atoms with Crippen molar-refractivity contribution in [3.63, 3.8) is 0 Å². The van der Waals surface area contributed by atoms with E-state index in [4.69, 9.17) is 4.74 Å². The molecule has 2 atom stereocenters. The van der Waals surface area contributed by atoms with Gasteiger partial charge in [-0.05, 0) is 84.4 Å². The lowest BCUT2D eigenvalue weighted by atomic mass is 9.78. The van der Waals surface area contributed by atoms with Gasteiger partial charge in [0.15, 0.2) is 9.92 Å². The summed E-state index contributed by atoms with van der Waals surface area (Å²) in [5.74, 6) is 0.179. The van der Waals surface area contributed by atoms with E-state index in [1.165, 1.54) is 6.20 Å². The van der Waals surface area contributed by atoms with E-state index in [1.807, 2.05) is 97.9 Å². The van der Waals surface area contributed by atoms with Crippen LogP contribution in [-0.2, 0) is 47.7 Å². The standard InChI is InChI=1S/C38H36FN5O3S/c1-25-24-44-36(47-25)33(23-40-44)48(46,42-37(45)41-35-31-21-11-19-29(31)34(39)30-20-12-22-32(30)35)43-38(26-13-5-2-6-14-26,27-15-7-3-8-16-27)28-17-9-4-10-18-28/h2-10,13-18,23,25H,11-12,19-22,24H2,1H3,(H2,41,42,43,45,46)/t25-,48?/m1/s1. The lowest BCUT2D eigenvalue weighted by Crippen LogP contribution is -2.48. The van der Waals surface area contributed by atoms with Crippen LogP contribution in [0, 0.1) is 5.82 Å². The van der Waals surface area contributed by atoms with Crippen LogP contribution in [0.4, 0.5) is 14.9 Å². The van der Waals surface area contributed by atoms with E-state index in [0.29, 0.717) is 54.9 Å². The average Bonchev–Trinajstić information content (AvgIpc) is 3.92. The number of hydrogen-bond donors (Lipinski definition) is 2. The summed E-state index contributed by atoms with van der Waals surface area (Å²) >= 11 is 0. The maximum absolute atomic E-state index is 15.8. The van der Waals surface area contributed by atoms with Crippen LogP contribution in [0.1, 0.15) is 58.7 Å². The van der Waals surface area contributed by atoms with E-state index in [9.17, 15) is 4.79 Å². The second-order valence-electron chi connectivity index (χ2n) is 12.7. The van der Waals surface area contributed by atoms with E-state index < -0.39 is 21.5 Å². The number of urea groups is 1. The number of amides is 2. The molecule has 5 aromatic rings. The molecule has 0 spiro atoms. The van der Waals surface area contributed by atoms with Crippen molar-refractivity contribution in [1.29, 1.82) is 0 Å². The molecule has 244 valence electrons. The van der Waals surface area contributed by atoms with Crippen molar-refractivity contribution in [2.45, 2.75) is 68.5 Å². The van der Waals surface area contributed by atoms with Gasteiger partial charge in [-0.3, -0.25) is 0 Å². The summed E-state index contributed by atoms with van der Waals surface area (Å²) in [6.45, 7) is 2.39. The third kappa shape index (κ3) is 5.02. The number of halogens is 1. The third-order valence-electron chi connectivity index (χ3n) is 9.72. The number of hydrogen-bond acceptors (Lipinski definition) is 4. The Balaban J connectivity index is 1.34. The van der Waals surface area contributed by atoms with Crippen LogP contribution in [0.3, 0.4) is 0 Å². The smallest absolute Gasteiger partial charge is 0.354 e. The molecule has 2 amide bonds. The fourth-order valence-electron chi connectivity index (χ4n) is 7.63. The molecule has 48 heavy (non-hydrogen) atoms. The molecule has 1 aliphatic heterocycles. The summed E-state index contributed by atoms with van der Waals surface area (Å²) in [5.41, 5.74) is 4.82. The zero-order valence-electron chi connectivity index (χ0n) is 26.6. The van der Waals surface area contributed by atoms with Crippen LogP contribution in [0.15, 0.2) is 106 Å². The Labute approximate surface area is 279 Å². The summed E-state index contributed by atoms with van der Waals surface area (Å²) < 4.78 is 47.1. The molecule has 8 rings (SSSR count). The number of carbonyl (C=O) groups is 1. The molecule has 0 radical (unpaired) electrons. The van der Waals surface area contributed by atoms with Crippen molar-refractivity contribution in [1.82, 2.24) is 14.5 Å². The molecule has 1 unspecified atom stereocenters. The summed E-state index contributed by atoms with van der Waals surface area (Å²) in [4.78, 5) is 14.4. The number of anilines is 1. The number of rotatable bonds is 7. The number of aromatic nitrogens is 2. The number of benzene rings is 4. The first-order chi connectivity index (χ1) is 23.4. The van der Waals surface area contributed by atoms with E-state index in [2.05, 4.69) is 19.5 Å². The Hall–Kier alpha value is -4.80. The Bertz CT molecular complexity index is 2010. The summed E-state index contributed by atoms with van der Waals surface area (Å²) in [5, 5.41) is 7.51. The van der Waals surface area contributed by atoms with Gasteiger partial charge in [0.25, 0.3) is 0 Å². The third-order valence-corrected chi connectivity index (χ3v) is 11.6. The van der Waals surface area contributed by atoms with Crippen LogP contribution in [-0.4, -0.2) is 26.1 Å². The number of carbonyl (C=O) groups excluding carboxylic acids is 1. The first kappa shape index (κ1) is 30.5. The highest BCUT2D eigenvalue weighted by atomic mass is 32.2. The summed E-state index contributed by atoms with van der Waals surface area (Å²) in [6.07, 6.45) is 5.54. The van der Waals surface area contributed by atoms with Crippen molar-refractivity contribution in [2.75, 3.05) is 5.32 Å². The van der Waals surface area contributed by atoms with Crippen molar-refractivity contribution in [2.24, 2.45) is 4.36 Å². The molecule has 0 fully saturated rings. The minimum Gasteiger partial charge on any atom is -0.472 e. The van der Waals surface area contributed by atoms with Crippen LogP contribution in [0.2, 0.25) is 0 Å². The largest absolute Gasteiger partial charge is 0.472 e. The Morgan fingerprint density at radius 3 is 1.88 bits per heavy atom. The maximum atomic E-state index is 15.8. The van der Waals surface area contributed by atoms with Gasteiger partial charge in [0, 0.05) is 5.69 Å². The Kier molecular flexibility index (Phi) is 7.64. The van der Waals surface area contributed by atoms with Crippen molar-refractivity contribution in [3.05, 3.63) is 142 Å². The minimum atomic E-state index is -3.85. The van der Waals surface area contributed by atoms with Gasteiger partial charge >= 0.3 is 6.03 Å². The molecule has 2 heterocycles. The highest BCUT2D eigenvalue weighted by Gasteiger charge is 2.42. The fraction of sp³-hybridized carbons (Fsp3) is 0.263. The predicted molar refractivity (Wildman–Crippen MR) is 183 cm³/mol. The van der Waals surface area contributed by atoms with E-state index in [0.717, 1.165) is 40.7 Å². The Morgan fingerprint density at radius 1 is 0.854 bits per heavy atom. The molecule has 8 nitrogen and oxygen atoms in total. The second kappa shape index (κ2) is 12.0. The highest BCUT2D eigenvalue weighted by molar-refractivity contribution is 7.92. The Morgan fingerprint density at radius 2 is 1.35 bits per heavy atom. The van der Waals surface area contributed by atoms with Crippen molar-refractivity contribution >= 4 is 21.6 Å². The predicted octanol–water partition coefficient (Wildman–Crippen LogP) is 7.34. The number of nitrogens with one attached hydrogen (secondary N) is 2. The minimum absolute atomic E-state index is 0.129. The lowest BCUT2D eigenvalue weighted by Gasteiger charge is -2.37. The van der Waals surface area contributed by atoms with Gasteiger partial charge in [-0.15, -0.1) is 4.36 Å². The summed E-state index contributed by atoms with van der Waals surface area (Å²) in [6, 6.07) is 28.4. The molecule has 2 aliphatic carbocycles. The monoisotopic (exact) mass is 661 g/mol. The van der Waals surface area contributed by atoms with Crippen LogP contribution in [0.5, 0.6) is 5.88 Å². The van der Waals surface area contributed by atoms with Gasteiger partial charge in [0.2, 0.25) is 5.88 Å². The van der Waals surface area contributed by atoms with Gasteiger partial charge < -0.3 is 10.1 Å². The number of nitrogens with zero attached hydrogens (tertiary/aromatic N) is 3. The van der Waals surface area contributed by atoms with E-state index in [-0.39, 0.29) is 16.8 Å². The van der Waals surface area contributed by atoms with Gasteiger partial charge in [-0.2, -0.15) is 5.10 Å². The highest BCUT2D eigenvalue weighted by Crippen LogP contribution is 2.43. The molecule has 1 aromatic heterocycles. The van der Waals surface area contributed by atoms with Crippen LogP contribution < -0.4 is 14.8 Å². The first-order valence-corrected chi connectivity index (χ1v) is 18.0. The number of ether oxygens (including phenoxy) is 1.